The molecule has 35 heavy (non-hydrogen) atoms. The number of ketones is 1. The Balaban J connectivity index is 1.66. The molecule has 1 unspecified atom stereocenters. The van der Waals surface area contributed by atoms with Crippen LogP contribution in [-0.2, 0) is 32.9 Å². The molecule has 2 N–H and O–H groups in total. The predicted octanol–water partition coefficient (Wildman–Crippen LogP) is 3.10. The third-order valence-corrected chi connectivity index (χ3v) is 4.99. The van der Waals surface area contributed by atoms with Crippen LogP contribution in [0.4, 0.5) is 4.79 Å². The number of rotatable bonds is 10. The molecular weight excluding hydrogens is 454 g/mol. The molecule has 0 bridgehead atoms. The van der Waals surface area contributed by atoms with Gasteiger partial charge in [-0.05, 0) is 39.1 Å². The standard InChI is InChI=1S/C24H27N5O6/c1-24(2,3)17-10-7-11-18(12-17)35-22-26-27-28-29(22)14-20(30)19(13-21(31)32)25-23(33)34-15-16-8-5-4-6-9-16/h4-12,19H,13-15H2,1-3H3,(H,25,33)(H,31,32). The van der Waals surface area contributed by atoms with Crippen molar-refractivity contribution in [2.24, 2.45) is 0 Å². The molecule has 1 atom stereocenters. The van der Waals surface area contributed by atoms with E-state index in [-0.39, 0.29) is 18.0 Å². The van der Waals surface area contributed by atoms with Crippen LogP contribution >= 0.6 is 0 Å². The molecule has 0 spiro atoms. The number of aromatic nitrogens is 4. The molecule has 11 nitrogen and oxygen atoms in total. The van der Waals surface area contributed by atoms with Crippen LogP contribution in [0.2, 0.25) is 0 Å². The van der Waals surface area contributed by atoms with Gasteiger partial charge in [-0.2, -0.15) is 4.68 Å². The van der Waals surface area contributed by atoms with Crippen molar-refractivity contribution < 1.29 is 29.0 Å². The van der Waals surface area contributed by atoms with Crippen molar-refractivity contribution in [1.82, 2.24) is 25.5 Å². The van der Waals surface area contributed by atoms with Gasteiger partial charge in [-0.25, -0.2) is 4.79 Å². The second-order valence-electron chi connectivity index (χ2n) is 8.82. The number of benzene rings is 2. The van der Waals surface area contributed by atoms with Gasteiger partial charge in [0.25, 0.3) is 0 Å². The molecule has 11 heteroatoms. The van der Waals surface area contributed by atoms with Gasteiger partial charge in [0.15, 0.2) is 5.78 Å². The van der Waals surface area contributed by atoms with Gasteiger partial charge in [0, 0.05) is 0 Å². The zero-order valence-electron chi connectivity index (χ0n) is 19.7. The number of hydrogen-bond donors (Lipinski definition) is 2. The number of carboxylic acid groups (broad SMARTS) is 1. The van der Waals surface area contributed by atoms with E-state index < -0.39 is 36.9 Å². The Bertz CT molecular complexity index is 1170. The first-order chi connectivity index (χ1) is 16.6. The van der Waals surface area contributed by atoms with Gasteiger partial charge in [-0.3, -0.25) is 9.59 Å². The number of nitrogens with zero attached hydrogens (tertiary/aromatic N) is 4. The van der Waals surface area contributed by atoms with Gasteiger partial charge >= 0.3 is 18.1 Å². The monoisotopic (exact) mass is 481 g/mol. The second-order valence-corrected chi connectivity index (χ2v) is 8.82. The highest BCUT2D eigenvalue weighted by Crippen LogP contribution is 2.27. The second kappa shape index (κ2) is 11.2. The number of carboxylic acids is 1. The van der Waals surface area contributed by atoms with E-state index in [4.69, 9.17) is 9.47 Å². The lowest BCUT2D eigenvalue weighted by Gasteiger charge is -2.19. The number of aliphatic carboxylic acids is 1. The average molecular weight is 482 g/mol. The minimum atomic E-state index is -1.35. The number of tetrazole rings is 1. The number of amides is 1. The van der Waals surface area contributed by atoms with Crippen LogP contribution < -0.4 is 10.1 Å². The quantitative estimate of drug-likeness (QED) is 0.446. The molecule has 0 aliphatic heterocycles. The summed E-state index contributed by atoms with van der Waals surface area (Å²) in [6.45, 7) is 5.75. The van der Waals surface area contributed by atoms with Crippen LogP contribution in [0.25, 0.3) is 0 Å². The maximum atomic E-state index is 12.8. The fourth-order valence-electron chi connectivity index (χ4n) is 3.09. The van der Waals surface area contributed by atoms with E-state index >= 15 is 0 Å². The largest absolute Gasteiger partial charge is 0.481 e. The number of carbonyl (C=O) groups excluding carboxylic acids is 2. The smallest absolute Gasteiger partial charge is 0.408 e. The molecule has 3 aromatic rings. The van der Waals surface area contributed by atoms with Crippen molar-refractivity contribution in [1.29, 1.82) is 0 Å². The maximum Gasteiger partial charge on any atom is 0.408 e. The number of hydrogen-bond acceptors (Lipinski definition) is 8. The lowest BCUT2D eigenvalue weighted by Crippen LogP contribution is -2.44. The van der Waals surface area contributed by atoms with E-state index in [1.165, 1.54) is 0 Å². The van der Waals surface area contributed by atoms with Crippen LogP contribution in [-0.4, -0.2) is 49.2 Å². The Hall–Kier alpha value is -4.28. The summed E-state index contributed by atoms with van der Waals surface area (Å²) in [6, 6.07) is 14.9. The Morgan fingerprint density at radius 1 is 1.09 bits per heavy atom. The van der Waals surface area contributed by atoms with Gasteiger partial charge in [0.05, 0.1) is 6.42 Å². The third-order valence-electron chi connectivity index (χ3n) is 4.99. The minimum Gasteiger partial charge on any atom is -0.481 e. The van der Waals surface area contributed by atoms with Gasteiger partial charge < -0.3 is 19.9 Å². The Morgan fingerprint density at radius 2 is 1.83 bits per heavy atom. The zero-order chi connectivity index (χ0) is 25.4. The summed E-state index contributed by atoms with van der Waals surface area (Å²) < 4.78 is 12.0. The summed E-state index contributed by atoms with van der Waals surface area (Å²) in [5.41, 5.74) is 1.67. The molecule has 1 aromatic heterocycles. The highest BCUT2D eigenvalue weighted by atomic mass is 16.5. The van der Waals surface area contributed by atoms with Crippen LogP contribution in [0.3, 0.4) is 0 Å². The number of ether oxygens (including phenoxy) is 2. The summed E-state index contributed by atoms with van der Waals surface area (Å²) in [4.78, 5) is 36.3. The molecule has 0 radical (unpaired) electrons. The molecule has 0 aliphatic rings. The van der Waals surface area contributed by atoms with Crippen molar-refractivity contribution in [3.8, 4) is 11.8 Å². The first-order valence-electron chi connectivity index (χ1n) is 10.9. The van der Waals surface area contributed by atoms with Crippen molar-refractivity contribution >= 4 is 17.8 Å². The molecular formula is C24H27N5O6. The molecule has 0 saturated heterocycles. The number of Topliss-reactive ketones (excluding diaryl/α,β-unsaturated/α-hetero) is 1. The molecule has 0 fully saturated rings. The first kappa shape index (κ1) is 25.3. The molecule has 1 amide bonds. The predicted molar refractivity (Wildman–Crippen MR) is 124 cm³/mol. The summed E-state index contributed by atoms with van der Waals surface area (Å²) in [6.07, 6.45) is -1.55. The first-order valence-corrected chi connectivity index (χ1v) is 10.9. The third kappa shape index (κ3) is 7.63. The Morgan fingerprint density at radius 3 is 2.51 bits per heavy atom. The van der Waals surface area contributed by atoms with E-state index in [9.17, 15) is 19.5 Å². The van der Waals surface area contributed by atoms with E-state index in [0.29, 0.717) is 5.75 Å². The SMILES string of the molecule is CC(C)(C)c1cccc(Oc2nnnn2CC(=O)C(CC(=O)O)NC(=O)OCc2ccccc2)c1. The number of alkyl carbamates (subject to hydrolysis) is 1. The van der Waals surface area contributed by atoms with Crippen LogP contribution in [0.5, 0.6) is 11.8 Å². The highest BCUT2D eigenvalue weighted by Gasteiger charge is 2.26. The van der Waals surface area contributed by atoms with Crippen LogP contribution in [0.15, 0.2) is 54.6 Å². The molecule has 1 heterocycles. The zero-order valence-corrected chi connectivity index (χ0v) is 19.7. The Labute approximate surface area is 202 Å². The molecule has 184 valence electrons. The lowest BCUT2D eigenvalue weighted by molar-refractivity contribution is -0.139. The van der Waals surface area contributed by atoms with Gasteiger partial charge in [-0.1, -0.05) is 68.3 Å². The fourth-order valence-corrected chi connectivity index (χ4v) is 3.09. The lowest BCUT2D eigenvalue weighted by atomic mass is 9.87. The van der Waals surface area contributed by atoms with Crippen molar-refractivity contribution in [3.05, 3.63) is 65.7 Å². The van der Waals surface area contributed by atoms with Crippen LogP contribution in [0.1, 0.15) is 38.3 Å². The van der Waals surface area contributed by atoms with Gasteiger partial charge in [-0.15, -0.1) is 0 Å². The van der Waals surface area contributed by atoms with Crippen molar-refractivity contribution in [2.75, 3.05) is 0 Å². The van der Waals surface area contributed by atoms with E-state index in [1.807, 2.05) is 24.3 Å². The molecule has 0 aliphatic carbocycles. The van der Waals surface area contributed by atoms with Gasteiger partial charge in [0.1, 0.15) is 24.9 Å². The van der Waals surface area contributed by atoms with Crippen molar-refractivity contribution in [3.63, 3.8) is 0 Å². The topological polar surface area (TPSA) is 146 Å². The van der Waals surface area contributed by atoms with Gasteiger partial charge in [0.2, 0.25) is 0 Å². The molecule has 3 rings (SSSR count). The summed E-state index contributed by atoms with van der Waals surface area (Å²) in [5.74, 6) is -1.42. The van der Waals surface area contributed by atoms with Crippen LogP contribution in [0, 0.1) is 0 Å². The van der Waals surface area contributed by atoms with E-state index in [2.05, 4.69) is 41.6 Å². The average Bonchev–Trinajstić information content (AvgIpc) is 3.23. The summed E-state index contributed by atoms with van der Waals surface area (Å²) >= 11 is 0. The van der Waals surface area contributed by atoms with E-state index in [1.54, 1.807) is 30.3 Å². The maximum absolute atomic E-state index is 12.8. The molecule has 2 aromatic carbocycles. The normalized spacial score (nSPS) is 12.0. The van der Waals surface area contributed by atoms with E-state index in [0.717, 1.165) is 15.8 Å². The summed E-state index contributed by atoms with van der Waals surface area (Å²) in [7, 11) is 0. The summed E-state index contributed by atoms with van der Waals surface area (Å²) in [5, 5.41) is 22.6. The number of carbonyl (C=O) groups is 3. The van der Waals surface area contributed by atoms with Crippen molar-refractivity contribution in [2.45, 2.75) is 51.8 Å². The minimum absolute atomic E-state index is 0.0285. The number of nitrogens with one attached hydrogen (secondary N) is 1. The highest BCUT2D eigenvalue weighted by molar-refractivity contribution is 5.90. The Kier molecular flexibility index (Phi) is 8.13. The molecule has 0 saturated carbocycles. The fraction of sp³-hybridized carbons (Fsp3) is 0.333.